The second-order valence-electron chi connectivity index (χ2n) is 13.4. The Morgan fingerprint density at radius 2 is 1.98 bits per heavy atom. The topological polar surface area (TPSA) is 142 Å². The first-order valence-electron chi connectivity index (χ1n) is 14.7. The number of hydrogen-bond acceptors (Lipinski definition) is 10. The highest BCUT2D eigenvalue weighted by Crippen LogP contribution is 2.74. The van der Waals surface area contributed by atoms with Crippen LogP contribution in [0.1, 0.15) is 72.0 Å². The Kier molecular flexibility index (Phi) is 6.61. The zero-order chi connectivity index (χ0) is 30.4. The van der Waals surface area contributed by atoms with Crippen LogP contribution in [0.3, 0.4) is 0 Å². The smallest absolute Gasteiger partial charge is 0.335 e. The Bertz CT molecular complexity index is 1380. The van der Waals surface area contributed by atoms with Crippen molar-refractivity contribution in [2.24, 2.45) is 34.0 Å². The van der Waals surface area contributed by atoms with Crippen LogP contribution in [0, 0.1) is 34.0 Å². The summed E-state index contributed by atoms with van der Waals surface area (Å²) < 4.78 is 28.7. The summed E-state index contributed by atoms with van der Waals surface area (Å²) in [5.41, 5.74) is 0.343. The number of esters is 3. The Hall–Kier alpha value is -2.95. The second kappa shape index (κ2) is 9.53. The SMILES string of the molecule is CC=C(C)C(=O)OC1C2CC3=C4CC(=O)OC(c5ccoc5)C4(C)CCC3C3(C)C(C(O)C(=O)OC)C1(C)COC23O. The molecular formula is C32H40O10. The lowest BCUT2D eigenvalue weighted by molar-refractivity contribution is -0.444. The molecule has 42 heavy (non-hydrogen) atoms. The van der Waals surface area contributed by atoms with Crippen molar-refractivity contribution in [1.29, 1.82) is 0 Å². The van der Waals surface area contributed by atoms with E-state index in [0.29, 0.717) is 24.8 Å². The number of hydrogen-bond donors (Lipinski definition) is 2. The van der Waals surface area contributed by atoms with Gasteiger partial charge in [0, 0.05) is 33.3 Å². The average molecular weight is 585 g/mol. The molecule has 4 bridgehead atoms. The monoisotopic (exact) mass is 584 g/mol. The summed E-state index contributed by atoms with van der Waals surface area (Å²) in [6, 6.07) is 1.80. The molecule has 0 amide bonds. The van der Waals surface area contributed by atoms with Gasteiger partial charge in [-0.2, -0.15) is 0 Å². The van der Waals surface area contributed by atoms with Crippen LogP contribution in [0.5, 0.6) is 0 Å². The minimum Gasteiger partial charge on any atom is -0.472 e. The van der Waals surface area contributed by atoms with Crippen LogP contribution in [-0.2, 0) is 33.3 Å². The Labute approximate surface area is 245 Å². The molecule has 3 aliphatic carbocycles. The van der Waals surface area contributed by atoms with Gasteiger partial charge in [0.2, 0.25) is 0 Å². The molecule has 7 rings (SSSR count). The van der Waals surface area contributed by atoms with E-state index in [-0.39, 0.29) is 24.9 Å². The summed E-state index contributed by atoms with van der Waals surface area (Å²) >= 11 is 0. The fourth-order valence-corrected chi connectivity index (χ4v) is 9.47. The number of aliphatic hydroxyl groups excluding tert-OH is 1. The third-order valence-corrected chi connectivity index (χ3v) is 11.6. The summed E-state index contributed by atoms with van der Waals surface area (Å²) in [6.45, 7) is 9.18. The van der Waals surface area contributed by atoms with Crippen molar-refractivity contribution >= 4 is 17.9 Å². The maximum absolute atomic E-state index is 13.2. The molecule has 10 heteroatoms. The van der Waals surface area contributed by atoms with Gasteiger partial charge >= 0.3 is 17.9 Å². The number of ether oxygens (including phenoxy) is 4. The van der Waals surface area contributed by atoms with E-state index in [1.807, 2.05) is 13.8 Å². The number of furan rings is 1. The van der Waals surface area contributed by atoms with Gasteiger partial charge in [-0.05, 0) is 50.7 Å². The lowest BCUT2D eigenvalue weighted by atomic mass is 9.37. The van der Waals surface area contributed by atoms with Gasteiger partial charge < -0.3 is 33.6 Å². The molecule has 6 aliphatic rings. The molecule has 0 spiro atoms. The van der Waals surface area contributed by atoms with E-state index in [9.17, 15) is 24.6 Å². The van der Waals surface area contributed by atoms with E-state index >= 15 is 0 Å². The average Bonchev–Trinajstić information content (AvgIpc) is 3.49. The number of cyclic esters (lactones) is 1. The molecule has 2 N–H and O–H groups in total. The predicted molar refractivity (Wildman–Crippen MR) is 146 cm³/mol. The lowest BCUT2D eigenvalue weighted by Crippen LogP contribution is -2.82. The van der Waals surface area contributed by atoms with E-state index in [1.54, 1.807) is 38.5 Å². The summed E-state index contributed by atoms with van der Waals surface area (Å²) in [5, 5.41) is 24.2. The number of aliphatic hydroxyl groups is 2. The highest BCUT2D eigenvalue weighted by atomic mass is 16.6. The van der Waals surface area contributed by atoms with Crippen molar-refractivity contribution in [2.45, 2.75) is 84.4 Å². The first-order chi connectivity index (χ1) is 19.8. The largest absolute Gasteiger partial charge is 0.472 e. The molecule has 3 aliphatic heterocycles. The van der Waals surface area contributed by atoms with Crippen molar-refractivity contribution in [3.05, 3.63) is 47.0 Å². The molecule has 0 radical (unpaired) electrons. The number of allylic oxidation sites excluding steroid dienone is 2. The molecule has 1 aromatic rings. The second-order valence-corrected chi connectivity index (χ2v) is 13.4. The summed E-state index contributed by atoms with van der Waals surface area (Å²) in [4.78, 5) is 39.3. The van der Waals surface area contributed by atoms with Gasteiger partial charge in [0.1, 0.15) is 12.2 Å². The molecule has 10 atom stereocenters. The molecule has 3 saturated heterocycles. The molecule has 10 unspecified atom stereocenters. The maximum Gasteiger partial charge on any atom is 0.335 e. The fourth-order valence-electron chi connectivity index (χ4n) is 9.47. The highest BCUT2D eigenvalue weighted by molar-refractivity contribution is 5.88. The van der Waals surface area contributed by atoms with Crippen LogP contribution in [0.15, 0.2) is 45.8 Å². The van der Waals surface area contributed by atoms with E-state index in [0.717, 1.165) is 16.7 Å². The van der Waals surface area contributed by atoms with Gasteiger partial charge in [0.25, 0.3) is 0 Å². The quantitative estimate of drug-likeness (QED) is 0.227. The first kappa shape index (κ1) is 29.1. The Balaban J connectivity index is 1.56. The van der Waals surface area contributed by atoms with E-state index in [1.165, 1.54) is 7.11 Å². The van der Waals surface area contributed by atoms with Crippen LogP contribution >= 0.6 is 0 Å². The van der Waals surface area contributed by atoms with Crippen molar-refractivity contribution < 1.29 is 48.0 Å². The maximum atomic E-state index is 13.2. The lowest BCUT2D eigenvalue weighted by Gasteiger charge is -2.74. The Morgan fingerprint density at radius 3 is 2.62 bits per heavy atom. The van der Waals surface area contributed by atoms with Gasteiger partial charge in [-0.1, -0.05) is 32.4 Å². The molecule has 5 fully saturated rings. The van der Waals surface area contributed by atoms with Crippen LogP contribution in [-0.4, -0.2) is 59.8 Å². The molecule has 2 saturated carbocycles. The van der Waals surface area contributed by atoms with Crippen molar-refractivity contribution in [3.8, 4) is 0 Å². The normalized spacial score (nSPS) is 43.2. The highest BCUT2D eigenvalue weighted by Gasteiger charge is 2.80. The summed E-state index contributed by atoms with van der Waals surface area (Å²) in [7, 11) is 1.21. The van der Waals surface area contributed by atoms with Crippen molar-refractivity contribution in [3.63, 3.8) is 0 Å². The van der Waals surface area contributed by atoms with Crippen molar-refractivity contribution in [1.82, 2.24) is 0 Å². The van der Waals surface area contributed by atoms with E-state index in [4.69, 9.17) is 23.4 Å². The number of carbonyl (C=O) groups is 3. The molecule has 0 aromatic carbocycles. The zero-order valence-electron chi connectivity index (χ0n) is 25.0. The minimum absolute atomic E-state index is 0.0215. The van der Waals surface area contributed by atoms with Crippen LogP contribution in [0.4, 0.5) is 0 Å². The van der Waals surface area contributed by atoms with Crippen molar-refractivity contribution in [2.75, 3.05) is 13.7 Å². The van der Waals surface area contributed by atoms with Gasteiger partial charge in [-0.25, -0.2) is 9.59 Å². The number of rotatable bonds is 5. The third-order valence-electron chi connectivity index (χ3n) is 11.6. The number of carbonyl (C=O) groups excluding carboxylic acids is 3. The zero-order valence-corrected chi connectivity index (χ0v) is 25.0. The van der Waals surface area contributed by atoms with Gasteiger partial charge in [0.15, 0.2) is 11.9 Å². The summed E-state index contributed by atoms with van der Waals surface area (Å²) in [6.07, 6.45) is 3.39. The Morgan fingerprint density at radius 1 is 1.24 bits per heavy atom. The summed E-state index contributed by atoms with van der Waals surface area (Å²) in [5.74, 6) is -5.46. The van der Waals surface area contributed by atoms with Gasteiger partial charge in [-0.3, -0.25) is 4.79 Å². The molecule has 228 valence electrons. The van der Waals surface area contributed by atoms with E-state index in [2.05, 4.69) is 6.92 Å². The molecule has 1 aromatic heterocycles. The van der Waals surface area contributed by atoms with Crippen LogP contribution < -0.4 is 0 Å². The van der Waals surface area contributed by atoms with E-state index < -0.39 is 64.1 Å². The predicted octanol–water partition coefficient (Wildman–Crippen LogP) is 3.77. The van der Waals surface area contributed by atoms with Gasteiger partial charge in [0.05, 0.1) is 38.6 Å². The van der Waals surface area contributed by atoms with Crippen LogP contribution in [0.2, 0.25) is 0 Å². The fraction of sp³-hybridized carbons (Fsp3) is 0.656. The molecule has 4 heterocycles. The number of methoxy groups -OCH3 is 1. The minimum atomic E-state index is -1.82. The first-order valence-corrected chi connectivity index (χ1v) is 14.7. The molecule has 10 nitrogen and oxygen atoms in total. The molecular weight excluding hydrogens is 544 g/mol. The third kappa shape index (κ3) is 3.58. The van der Waals surface area contributed by atoms with Gasteiger partial charge in [-0.15, -0.1) is 0 Å². The number of fused-ring (bicyclic) bond motifs is 3. The standard InChI is InChI=1S/C32H40O10/c1-7-16(2)27(35)42-26-21-12-18-19(8-10-29(3)20(18)13-22(33)41-25(29)17-9-11-39-14-17)31(5)24(23(34)28(36)38-6)30(26,4)15-40-32(21,31)37/h7,9,11,14,19,21,23-26,34,37H,8,10,12-13,15H2,1-6H3. The van der Waals surface area contributed by atoms with Crippen LogP contribution in [0.25, 0.3) is 0 Å².